The van der Waals surface area contributed by atoms with Crippen molar-refractivity contribution in [1.29, 1.82) is 0 Å². The van der Waals surface area contributed by atoms with Gasteiger partial charge >= 0.3 is 0 Å². The molecule has 21 heavy (non-hydrogen) atoms. The van der Waals surface area contributed by atoms with Gasteiger partial charge in [0.05, 0.1) is 22.7 Å². The average molecular weight is 333 g/mol. The highest BCUT2D eigenvalue weighted by molar-refractivity contribution is 6.42. The maximum Gasteiger partial charge on any atom is 0.257 e. The van der Waals surface area contributed by atoms with E-state index in [1.807, 2.05) is 0 Å². The van der Waals surface area contributed by atoms with Crippen molar-refractivity contribution in [2.45, 2.75) is 26.3 Å². The number of halogens is 2. The SMILES string of the molecule is COc1cc(Cl)c(Cl)cc1C(=O)N(C)CCC(N)C(C)C. The second-order valence-corrected chi connectivity index (χ2v) is 6.20. The van der Waals surface area contributed by atoms with Gasteiger partial charge in [-0.3, -0.25) is 4.79 Å². The summed E-state index contributed by atoms with van der Waals surface area (Å²) >= 11 is 11.9. The molecule has 0 spiro atoms. The fourth-order valence-corrected chi connectivity index (χ4v) is 2.17. The monoisotopic (exact) mass is 332 g/mol. The highest BCUT2D eigenvalue weighted by Crippen LogP contribution is 2.31. The van der Waals surface area contributed by atoms with Crippen molar-refractivity contribution in [1.82, 2.24) is 4.90 Å². The standard InChI is InChI=1S/C15H22Cl2N2O2/c1-9(2)13(18)5-6-19(3)15(20)10-7-11(16)12(17)8-14(10)21-4/h7-9,13H,5-6,18H2,1-4H3. The van der Waals surface area contributed by atoms with Crippen LogP contribution >= 0.6 is 23.2 Å². The van der Waals surface area contributed by atoms with Crippen LogP contribution in [0.1, 0.15) is 30.6 Å². The van der Waals surface area contributed by atoms with E-state index < -0.39 is 0 Å². The number of nitrogens with zero attached hydrogens (tertiary/aromatic N) is 1. The Bertz CT molecular complexity index is 507. The van der Waals surface area contributed by atoms with Crippen LogP contribution in [0.5, 0.6) is 5.75 Å². The van der Waals surface area contributed by atoms with Crippen LogP contribution in [0.3, 0.4) is 0 Å². The number of carbonyl (C=O) groups is 1. The zero-order valence-corrected chi connectivity index (χ0v) is 14.3. The van der Waals surface area contributed by atoms with Crippen LogP contribution in [-0.2, 0) is 0 Å². The molecule has 1 aromatic rings. The van der Waals surface area contributed by atoms with Crippen LogP contribution in [0.25, 0.3) is 0 Å². The van der Waals surface area contributed by atoms with Crippen LogP contribution in [0, 0.1) is 5.92 Å². The van der Waals surface area contributed by atoms with E-state index in [1.54, 1.807) is 18.0 Å². The zero-order chi connectivity index (χ0) is 16.2. The molecule has 0 radical (unpaired) electrons. The van der Waals surface area contributed by atoms with Crippen molar-refractivity contribution in [3.05, 3.63) is 27.7 Å². The van der Waals surface area contributed by atoms with Gasteiger partial charge in [-0.15, -0.1) is 0 Å². The third kappa shape index (κ3) is 4.77. The number of hydrogen-bond donors (Lipinski definition) is 1. The van der Waals surface area contributed by atoms with Crippen molar-refractivity contribution in [2.75, 3.05) is 20.7 Å². The van der Waals surface area contributed by atoms with Crippen molar-refractivity contribution in [3.8, 4) is 5.75 Å². The largest absolute Gasteiger partial charge is 0.496 e. The molecule has 0 aliphatic carbocycles. The summed E-state index contributed by atoms with van der Waals surface area (Å²) < 4.78 is 5.20. The Labute approximate surface area is 136 Å². The lowest BCUT2D eigenvalue weighted by Gasteiger charge is -2.22. The molecule has 1 aromatic carbocycles. The van der Waals surface area contributed by atoms with Crippen LogP contribution in [-0.4, -0.2) is 37.6 Å². The average Bonchev–Trinajstić information content (AvgIpc) is 2.45. The summed E-state index contributed by atoms with van der Waals surface area (Å²) in [6.45, 7) is 4.70. The molecule has 1 unspecified atom stereocenters. The Morgan fingerprint density at radius 3 is 2.43 bits per heavy atom. The number of rotatable bonds is 6. The maximum absolute atomic E-state index is 12.5. The molecule has 0 saturated heterocycles. The van der Waals surface area contributed by atoms with E-state index in [0.717, 1.165) is 6.42 Å². The molecular formula is C15H22Cl2N2O2. The Morgan fingerprint density at radius 1 is 1.33 bits per heavy atom. The summed E-state index contributed by atoms with van der Waals surface area (Å²) in [5.74, 6) is 0.629. The van der Waals surface area contributed by atoms with Gasteiger partial charge in [0.1, 0.15) is 5.75 Å². The summed E-state index contributed by atoms with van der Waals surface area (Å²) in [5, 5.41) is 0.683. The van der Waals surface area contributed by atoms with E-state index in [-0.39, 0.29) is 11.9 Å². The highest BCUT2D eigenvalue weighted by Gasteiger charge is 2.19. The molecule has 4 nitrogen and oxygen atoms in total. The topological polar surface area (TPSA) is 55.6 Å². The normalized spacial score (nSPS) is 12.4. The fraction of sp³-hybridized carbons (Fsp3) is 0.533. The second-order valence-electron chi connectivity index (χ2n) is 5.39. The van der Waals surface area contributed by atoms with E-state index in [2.05, 4.69) is 13.8 Å². The number of benzene rings is 1. The molecule has 1 atom stereocenters. The predicted molar refractivity (Wildman–Crippen MR) is 87.4 cm³/mol. The zero-order valence-electron chi connectivity index (χ0n) is 12.8. The Hall–Kier alpha value is -0.970. The van der Waals surface area contributed by atoms with Crippen LogP contribution in [0.2, 0.25) is 10.0 Å². The second kappa shape index (κ2) is 7.87. The lowest BCUT2D eigenvalue weighted by atomic mass is 10.0. The smallest absolute Gasteiger partial charge is 0.257 e. The minimum atomic E-state index is -0.165. The van der Waals surface area contributed by atoms with Crippen LogP contribution in [0.15, 0.2) is 12.1 Å². The van der Waals surface area contributed by atoms with E-state index in [9.17, 15) is 4.79 Å². The number of carbonyl (C=O) groups excluding carboxylic acids is 1. The highest BCUT2D eigenvalue weighted by atomic mass is 35.5. The number of methoxy groups -OCH3 is 1. The number of hydrogen-bond acceptors (Lipinski definition) is 3. The molecule has 6 heteroatoms. The maximum atomic E-state index is 12.5. The summed E-state index contributed by atoms with van der Waals surface area (Å²) in [6.07, 6.45) is 0.740. The van der Waals surface area contributed by atoms with Gasteiger partial charge in [0.25, 0.3) is 5.91 Å². The van der Waals surface area contributed by atoms with E-state index in [1.165, 1.54) is 13.2 Å². The molecule has 0 saturated carbocycles. The number of amides is 1. The molecule has 0 aliphatic rings. The Morgan fingerprint density at radius 2 is 1.90 bits per heavy atom. The molecular weight excluding hydrogens is 311 g/mol. The van der Waals surface area contributed by atoms with Crippen LogP contribution in [0.4, 0.5) is 0 Å². The minimum Gasteiger partial charge on any atom is -0.496 e. The van der Waals surface area contributed by atoms with Crippen molar-refractivity contribution < 1.29 is 9.53 Å². The van der Waals surface area contributed by atoms with Crippen LogP contribution < -0.4 is 10.5 Å². The minimum absolute atomic E-state index is 0.0657. The lowest BCUT2D eigenvalue weighted by Crippen LogP contribution is -2.34. The molecule has 0 heterocycles. The molecule has 0 bridgehead atoms. The van der Waals surface area contributed by atoms with E-state index in [0.29, 0.717) is 33.8 Å². The molecule has 118 valence electrons. The van der Waals surface area contributed by atoms with Crippen molar-refractivity contribution in [3.63, 3.8) is 0 Å². The quantitative estimate of drug-likeness (QED) is 0.867. The first kappa shape index (κ1) is 18.1. The van der Waals surface area contributed by atoms with Crippen molar-refractivity contribution >= 4 is 29.1 Å². The first-order valence-corrected chi connectivity index (χ1v) is 7.57. The third-order valence-corrected chi connectivity index (χ3v) is 4.20. The van der Waals surface area contributed by atoms with E-state index in [4.69, 9.17) is 33.7 Å². The number of nitrogens with two attached hydrogens (primary N) is 1. The fourth-order valence-electron chi connectivity index (χ4n) is 1.85. The predicted octanol–water partition coefficient (Wildman–Crippen LogP) is 3.45. The van der Waals surface area contributed by atoms with Gasteiger partial charge in [-0.2, -0.15) is 0 Å². The summed E-state index contributed by atoms with van der Waals surface area (Å²) in [6, 6.07) is 3.14. The molecule has 0 aliphatic heterocycles. The van der Waals surface area contributed by atoms with Gasteiger partial charge in [0.15, 0.2) is 0 Å². The first-order chi connectivity index (χ1) is 9.77. The van der Waals surface area contributed by atoms with Gasteiger partial charge in [-0.1, -0.05) is 37.0 Å². The number of ether oxygens (including phenoxy) is 1. The molecule has 1 amide bonds. The van der Waals surface area contributed by atoms with Gasteiger partial charge in [0.2, 0.25) is 0 Å². The molecule has 1 rings (SSSR count). The van der Waals surface area contributed by atoms with E-state index >= 15 is 0 Å². The first-order valence-electron chi connectivity index (χ1n) is 6.82. The Kier molecular flexibility index (Phi) is 6.78. The summed E-state index contributed by atoms with van der Waals surface area (Å²) in [4.78, 5) is 14.1. The molecule has 0 fully saturated rings. The summed E-state index contributed by atoms with van der Waals surface area (Å²) in [5.41, 5.74) is 6.40. The molecule has 2 N–H and O–H groups in total. The summed E-state index contributed by atoms with van der Waals surface area (Å²) in [7, 11) is 3.22. The van der Waals surface area contributed by atoms with Gasteiger partial charge in [-0.25, -0.2) is 0 Å². The van der Waals surface area contributed by atoms with Gasteiger partial charge in [0, 0.05) is 25.7 Å². The Balaban J connectivity index is 2.85. The molecule has 0 aromatic heterocycles. The van der Waals surface area contributed by atoms with Gasteiger partial charge in [-0.05, 0) is 18.4 Å². The van der Waals surface area contributed by atoms with Gasteiger partial charge < -0.3 is 15.4 Å². The third-order valence-electron chi connectivity index (χ3n) is 3.47. The van der Waals surface area contributed by atoms with Crippen molar-refractivity contribution in [2.24, 2.45) is 11.7 Å². The lowest BCUT2D eigenvalue weighted by molar-refractivity contribution is 0.0786.